The Morgan fingerprint density at radius 3 is 2.12 bits per heavy atom. The van der Waals surface area contributed by atoms with Crippen molar-refractivity contribution in [2.24, 2.45) is 0 Å². The number of hydrogen-bond acceptors (Lipinski definition) is 5. The van der Waals surface area contributed by atoms with Crippen molar-refractivity contribution in [2.75, 3.05) is 17.2 Å². The number of aromatic nitrogens is 2. The molecule has 0 amide bonds. The molecule has 122 valence electrons. The van der Waals surface area contributed by atoms with Crippen LogP contribution in [0.4, 0.5) is 23.1 Å². The zero-order chi connectivity index (χ0) is 16.6. The molecule has 0 radical (unpaired) electrons. The third-order valence-corrected chi connectivity index (χ3v) is 3.39. The van der Waals surface area contributed by atoms with Crippen LogP contribution in [0.5, 0.6) is 0 Å². The first kappa shape index (κ1) is 16.0. The second kappa shape index (κ2) is 8.08. The number of ether oxygens (including phenoxy) is 1. The van der Waals surface area contributed by atoms with Crippen molar-refractivity contribution in [2.45, 2.75) is 13.5 Å². The Morgan fingerprint density at radius 2 is 1.50 bits per heavy atom. The Bertz CT molecular complexity index is 763. The summed E-state index contributed by atoms with van der Waals surface area (Å²) in [5, 5.41) is 6.55. The van der Waals surface area contributed by atoms with Gasteiger partial charge in [0.1, 0.15) is 5.82 Å². The monoisotopic (exact) mass is 320 g/mol. The minimum atomic E-state index is 0.470. The zero-order valence-corrected chi connectivity index (χ0v) is 13.6. The molecule has 3 rings (SSSR count). The van der Waals surface area contributed by atoms with Gasteiger partial charge >= 0.3 is 0 Å². The van der Waals surface area contributed by atoms with Gasteiger partial charge in [-0.25, -0.2) is 4.98 Å². The molecule has 0 atom stereocenters. The van der Waals surface area contributed by atoms with E-state index in [2.05, 4.69) is 20.6 Å². The molecule has 1 heterocycles. The number of benzene rings is 2. The van der Waals surface area contributed by atoms with Gasteiger partial charge in [0.15, 0.2) is 0 Å². The molecule has 0 spiro atoms. The summed E-state index contributed by atoms with van der Waals surface area (Å²) in [6, 6.07) is 19.8. The Morgan fingerprint density at radius 1 is 0.875 bits per heavy atom. The van der Waals surface area contributed by atoms with Gasteiger partial charge in [0, 0.05) is 29.7 Å². The molecule has 2 aromatic carbocycles. The quantitative estimate of drug-likeness (QED) is 0.671. The van der Waals surface area contributed by atoms with Gasteiger partial charge in [-0.3, -0.25) is 0 Å². The van der Waals surface area contributed by atoms with Crippen LogP contribution in [0.2, 0.25) is 0 Å². The van der Waals surface area contributed by atoms with Crippen LogP contribution in [0.25, 0.3) is 0 Å². The van der Waals surface area contributed by atoms with Crippen molar-refractivity contribution in [3.05, 3.63) is 72.4 Å². The van der Waals surface area contributed by atoms with Crippen LogP contribution in [0.15, 0.2) is 66.9 Å². The molecule has 0 aliphatic heterocycles. The largest absolute Gasteiger partial charge is 0.377 e. The molecule has 0 bridgehead atoms. The smallest absolute Gasteiger partial charge is 0.229 e. The van der Waals surface area contributed by atoms with Crippen LogP contribution in [-0.2, 0) is 11.3 Å². The fraction of sp³-hybridized carbons (Fsp3) is 0.158. The fourth-order valence-electron chi connectivity index (χ4n) is 2.20. The first-order valence-corrected chi connectivity index (χ1v) is 7.93. The summed E-state index contributed by atoms with van der Waals surface area (Å²) in [5.41, 5.74) is 2.83. The van der Waals surface area contributed by atoms with E-state index in [1.54, 1.807) is 6.20 Å². The normalized spacial score (nSPS) is 10.4. The molecule has 0 saturated carbocycles. The molecular weight excluding hydrogens is 300 g/mol. The van der Waals surface area contributed by atoms with E-state index >= 15 is 0 Å². The average molecular weight is 320 g/mol. The molecule has 0 aliphatic rings. The van der Waals surface area contributed by atoms with Crippen molar-refractivity contribution >= 4 is 23.1 Å². The van der Waals surface area contributed by atoms with E-state index in [1.165, 1.54) is 0 Å². The number of hydrogen-bond donors (Lipinski definition) is 2. The summed E-state index contributed by atoms with van der Waals surface area (Å²) in [6.45, 7) is 3.09. The second-order valence-electron chi connectivity index (χ2n) is 5.19. The fourth-order valence-corrected chi connectivity index (χ4v) is 2.20. The van der Waals surface area contributed by atoms with Crippen LogP contribution in [0.3, 0.4) is 0 Å². The highest BCUT2D eigenvalue weighted by Crippen LogP contribution is 2.22. The molecule has 1 aromatic heterocycles. The summed E-state index contributed by atoms with van der Waals surface area (Å²) in [4.78, 5) is 8.99. The van der Waals surface area contributed by atoms with E-state index in [0.717, 1.165) is 22.8 Å². The SMILES string of the molecule is CCOCc1cnc(Nc2ccccc2)nc1Nc1ccccc1. The van der Waals surface area contributed by atoms with Crippen molar-refractivity contribution in [3.63, 3.8) is 0 Å². The molecule has 0 aliphatic carbocycles. The lowest BCUT2D eigenvalue weighted by atomic mass is 10.3. The maximum absolute atomic E-state index is 5.52. The molecule has 0 saturated heterocycles. The van der Waals surface area contributed by atoms with Gasteiger partial charge in [-0.15, -0.1) is 0 Å². The Kier molecular flexibility index (Phi) is 5.37. The third kappa shape index (κ3) is 4.30. The first-order valence-electron chi connectivity index (χ1n) is 7.93. The lowest BCUT2D eigenvalue weighted by Crippen LogP contribution is -2.06. The van der Waals surface area contributed by atoms with E-state index in [1.807, 2.05) is 67.6 Å². The first-order chi connectivity index (χ1) is 11.8. The van der Waals surface area contributed by atoms with Gasteiger partial charge in [-0.1, -0.05) is 36.4 Å². The van der Waals surface area contributed by atoms with E-state index < -0.39 is 0 Å². The van der Waals surface area contributed by atoms with Gasteiger partial charge in [0.05, 0.1) is 6.61 Å². The van der Waals surface area contributed by atoms with Gasteiger partial charge in [0.25, 0.3) is 0 Å². The molecular formula is C19H20N4O. The topological polar surface area (TPSA) is 59.1 Å². The van der Waals surface area contributed by atoms with Gasteiger partial charge in [0.2, 0.25) is 5.95 Å². The van der Waals surface area contributed by atoms with E-state index in [0.29, 0.717) is 19.2 Å². The van der Waals surface area contributed by atoms with Crippen LogP contribution in [0, 0.1) is 0 Å². The van der Waals surface area contributed by atoms with Crippen molar-refractivity contribution in [1.82, 2.24) is 9.97 Å². The Labute approximate surface area is 141 Å². The average Bonchev–Trinajstić information content (AvgIpc) is 2.63. The van der Waals surface area contributed by atoms with Crippen molar-refractivity contribution in [1.29, 1.82) is 0 Å². The van der Waals surface area contributed by atoms with Gasteiger partial charge < -0.3 is 15.4 Å². The lowest BCUT2D eigenvalue weighted by Gasteiger charge is -2.13. The summed E-state index contributed by atoms with van der Waals surface area (Å²) in [5.74, 6) is 1.28. The van der Waals surface area contributed by atoms with Crippen molar-refractivity contribution in [3.8, 4) is 0 Å². The highest BCUT2D eigenvalue weighted by molar-refractivity contribution is 5.62. The zero-order valence-electron chi connectivity index (χ0n) is 13.6. The van der Waals surface area contributed by atoms with Crippen LogP contribution < -0.4 is 10.6 Å². The molecule has 5 nitrogen and oxygen atoms in total. The van der Waals surface area contributed by atoms with E-state index in [9.17, 15) is 0 Å². The predicted molar refractivity (Wildman–Crippen MR) is 96.8 cm³/mol. The Balaban J connectivity index is 1.85. The third-order valence-electron chi connectivity index (χ3n) is 3.39. The number of para-hydroxylation sites is 2. The second-order valence-corrected chi connectivity index (χ2v) is 5.19. The van der Waals surface area contributed by atoms with Crippen LogP contribution in [0.1, 0.15) is 12.5 Å². The van der Waals surface area contributed by atoms with E-state index in [4.69, 9.17) is 4.74 Å². The highest BCUT2D eigenvalue weighted by atomic mass is 16.5. The van der Waals surface area contributed by atoms with Crippen molar-refractivity contribution < 1.29 is 4.74 Å². The summed E-state index contributed by atoms with van der Waals surface area (Å²) >= 11 is 0. The maximum Gasteiger partial charge on any atom is 0.229 e. The standard InChI is InChI=1S/C19H20N4O/c1-2-24-14-15-13-20-19(22-17-11-7-4-8-12-17)23-18(15)21-16-9-5-3-6-10-16/h3-13H,2,14H2,1H3,(H2,20,21,22,23). The molecule has 3 aromatic rings. The minimum Gasteiger partial charge on any atom is -0.377 e. The van der Waals surface area contributed by atoms with Gasteiger partial charge in [-0.05, 0) is 31.2 Å². The highest BCUT2D eigenvalue weighted by Gasteiger charge is 2.08. The Hall–Kier alpha value is -2.92. The predicted octanol–water partition coefficient (Wildman–Crippen LogP) is 4.50. The minimum absolute atomic E-state index is 0.470. The lowest BCUT2D eigenvalue weighted by molar-refractivity contribution is 0.134. The van der Waals surface area contributed by atoms with Gasteiger partial charge in [-0.2, -0.15) is 4.98 Å². The molecule has 5 heteroatoms. The number of anilines is 4. The van der Waals surface area contributed by atoms with Crippen LogP contribution >= 0.6 is 0 Å². The number of nitrogens with zero attached hydrogens (tertiary/aromatic N) is 2. The summed E-state index contributed by atoms with van der Waals surface area (Å²) in [6.07, 6.45) is 1.79. The molecule has 24 heavy (non-hydrogen) atoms. The number of rotatable bonds is 7. The molecule has 2 N–H and O–H groups in total. The summed E-state index contributed by atoms with van der Waals surface area (Å²) in [7, 11) is 0. The number of nitrogens with one attached hydrogen (secondary N) is 2. The van der Waals surface area contributed by atoms with E-state index in [-0.39, 0.29) is 0 Å². The maximum atomic E-state index is 5.52. The summed E-state index contributed by atoms with van der Waals surface area (Å²) < 4.78 is 5.52. The molecule has 0 unspecified atom stereocenters. The molecule has 0 fully saturated rings. The van der Waals surface area contributed by atoms with Crippen LogP contribution in [-0.4, -0.2) is 16.6 Å².